The number of ether oxygens (including phenoxy) is 1. The van der Waals surface area contributed by atoms with Crippen molar-refractivity contribution in [2.24, 2.45) is 0 Å². The fourth-order valence-corrected chi connectivity index (χ4v) is 2.71. The zero-order valence-corrected chi connectivity index (χ0v) is 15.8. The molecule has 0 saturated carbocycles. The predicted molar refractivity (Wildman–Crippen MR) is 105 cm³/mol. The number of halogens is 1. The first-order chi connectivity index (χ1) is 12.5. The molecule has 0 unspecified atom stereocenters. The standard InChI is InChI=1S/C20H23ClN2O3/c1-3-23(16-9-7-8-15(14-16)20(25)26-4-2)13-12-19(24)22-18-11-6-5-10-17(18)21/h5-11,14H,3-4,12-13H2,1-2H3,(H,22,24). The molecule has 6 heteroatoms. The quantitative estimate of drug-likeness (QED) is 0.697. The second kappa shape index (κ2) is 9.82. The molecule has 0 aromatic heterocycles. The molecular formula is C20H23ClN2O3. The van der Waals surface area contributed by atoms with Crippen LogP contribution in [0.3, 0.4) is 0 Å². The normalized spacial score (nSPS) is 10.3. The molecule has 0 aliphatic carbocycles. The molecule has 2 aromatic carbocycles. The van der Waals surface area contributed by atoms with E-state index in [1.165, 1.54) is 0 Å². The molecule has 0 radical (unpaired) electrons. The molecule has 5 nitrogen and oxygen atoms in total. The molecule has 0 aliphatic rings. The number of carbonyl (C=O) groups excluding carboxylic acids is 2. The van der Waals surface area contributed by atoms with Crippen molar-refractivity contribution >= 4 is 34.9 Å². The molecule has 0 aliphatic heterocycles. The van der Waals surface area contributed by atoms with Crippen molar-refractivity contribution in [3.05, 3.63) is 59.1 Å². The van der Waals surface area contributed by atoms with Gasteiger partial charge in [0.2, 0.25) is 5.91 Å². The first kappa shape index (κ1) is 19.8. The van der Waals surface area contributed by atoms with Crippen LogP contribution in [0.25, 0.3) is 0 Å². The van der Waals surface area contributed by atoms with Gasteiger partial charge >= 0.3 is 5.97 Å². The van der Waals surface area contributed by atoms with Crippen LogP contribution in [0.1, 0.15) is 30.6 Å². The third-order valence-electron chi connectivity index (χ3n) is 3.86. The van der Waals surface area contributed by atoms with Crippen molar-refractivity contribution in [2.45, 2.75) is 20.3 Å². The SMILES string of the molecule is CCOC(=O)c1cccc(N(CC)CCC(=O)Nc2ccccc2Cl)c1. The number of anilines is 2. The first-order valence-corrected chi connectivity index (χ1v) is 8.99. The lowest BCUT2D eigenvalue weighted by molar-refractivity contribution is -0.116. The van der Waals surface area contributed by atoms with Crippen molar-refractivity contribution in [2.75, 3.05) is 29.9 Å². The highest BCUT2D eigenvalue weighted by atomic mass is 35.5. The smallest absolute Gasteiger partial charge is 0.338 e. The van der Waals surface area contributed by atoms with Crippen molar-refractivity contribution < 1.29 is 14.3 Å². The van der Waals surface area contributed by atoms with Crippen LogP contribution in [-0.4, -0.2) is 31.6 Å². The first-order valence-electron chi connectivity index (χ1n) is 8.61. The van der Waals surface area contributed by atoms with Gasteiger partial charge in [-0.05, 0) is 44.2 Å². The molecule has 0 atom stereocenters. The number of para-hydroxylation sites is 1. The molecule has 26 heavy (non-hydrogen) atoms. The van der Waals surface area contributed by atoms with Crippen LogP contribution in [-0.2, 0) is 9.53 Å². The van der Waals surface area contributed by atoms with Gasteiger partial charge in [-0.2, -0.15) is 0 Å². The highest BCUT2D eigenvalue weighted by Gasteiger charge is 2.12. The molecule has 2 rings (SSSR count). The van der Waals surface area contributed by atoms with E-state index in [0.29, 0.717) is 42.4 Å². The summed E-state index contributed by atoms with van der Waals surface area (Å²) in [7, 11) is 0. The zero-order valence-electron chi connectivity index (χ0n) is 15.0. The third-order valence-corrected chi connectivity index (χ3v) is 4.19. The number of carbonyl (C=O) groups is 2. The van der Waals surface area contributed by atoms with Gasteiger partial charge in [0, 0.05) is 25.2 Å². The Bertz CT molecular complexity index is 764. The highest BCUT2D eigenvalue weighted by molar-refractivity contribution is 6.33. The molecular weight excluding hydrogens is 352 g/mol. The van der Waals surface area contributed by atoms with Gasteiger partial charge in [-0.3, -0.25) is 4.79 Å². The molecule has 0 heterocycles. The van der Waals surface area contributed by atoms with Crippen LogP contribution >= 0.6 is 11.6 Å². The Morgan fingerprint density at radius 2 is 1.88 bits per heavy atom. The lowest BCUT2D eigenvalue weighted by atomic mass is 10.2. The van der Waals surface area contributed by atoms with Gasteiger partial charge in [-0.15, -0.1) is 0 Å². The number of hydrogen-bond donors (Lipinski definition) is 1. The van der Waals surface area contributed by atoms with E-state index in [0.717, 1.165) is 5.69 Å². The number of nitrogens with one attached hydrogen (secondary N) is 1. The summed E-state index contributed by atoms with van der Waals surface area (Å²) in [6.07, 6.45) is 0.308. The van der Waals surface area contributed by atoms with Crippen LogP contribution in [0.4, 0.5) is 11.4 Å². The topological polar surface area (TPSA) is 58.6 Å². The van der Waals surface area contributed by atoms with Crippen molar-refractivity contribution in [1.29, 1.82) is 0 Å². The molecule has 1 amide bonds. The fourth-order valence-electron chi connectivity index (χ4n) is 2.53. The number of hydrogen-bond acceptors (Lipinski definition) is 4. The molecule has 2 aromatic rings. The zero-order chi connectivity index (χ0) is 18.9. The summed E-state index contributed by atoms with van der Waals surface area (Å²) in [6.45, 7) is 5.36. The third kappa shape index (κ3) is 5.49. The van der Waals surface area contributed by atoms with E-state index in [4.69, 9.17) is 16.3 Å². The van der Waals surface area contributed by atoms with Gasteiger partial charge in [0.05, 0.1) is 22.9 Å². The Balaban J connectivity index is 1.99. The summed E-state index contributed by atoms with van der Waals surface area (Å²) < 4.78 is 5.04. The van der Waals surface area contributed by atoms with Gasteiger partial charge in [0.1, 0.15) is 0 Å². The minimum atomic E-state index is -0.345. The van der Waals surface area contributed by atoms with Gasteiger partial charge in [0.15, 0.2) is 0 Å². The van der Waals surface area contributed by atoms with E-state index in [9.17, 15) is 9.59 Å². The Morgan fingerprint density at radius 3 is 2.58 bits per heavy atom. The van der Waals surface area contributed by atoms with E-state index < -0.39 is 0 Å². The summed E-state index contributed by atoms with van der Waals surface area (Å²) in [5, 5.41) is 3.33. The van der Waals surface area contributed by atoms with Crippen LogP contribution in [0, 0.1) is 0 Å². The van der Waals surface area contributed by atoms with Gasteiger partial charge in [-0.25, -0.2) is 4.79 Å². The summed E-state index contributed by atoms with van der Waals surface area (Å²) in [5.41, 5.74) is 1.98. The van der Waals surface area contributed by atoms with Crippen molar-refractivity contribution in [3.8, 4) is 0 Å². The van der Waals surface area contributed by atoms with E-state index in [1.807, 2.05) is 36.1 Å². The highest BCUT2D eigenvalue weighted by Crippen LogP contribution is 2.21. The Hall–Kier alpha value is -2.53. The predicted octanol–water partition coefficient (Wildman–Crippen LogP) is 4.37. The molecule has 138 valence electrons. The molecule has 0 fully saturated rings. The summed E-state index contributed by atoms with van der Waals surface area (Å²) >= 11 is 6.06. The lowest BCUT2D eigenvalue weighted by Crippen LogP contribution is -2.27. The van der Waals surface area contributed by atoms with Crippen LogP contribution < -0.4 is 10.2 Å². The molecule has 0 bridgehead atoms. The fraction of sp³-hybridized carbons (Fsp3) is 0.300. The van der Waals surface area contributed by atoms with E-state index in [-0.39, 0.29) is 11.9 Å². The Morgan fingerprint density at radius 1 is 1.12 bits per heavy atom. The number of esters is 1. The van der Waals surface area contributed by atoms with Gasteiger partial charge < -0.3 is 15.0 Å². The Kier molecular flexibility index (Phi) is 7.48. The largest absolute Gasteiger partial charge is 0.462 e. The second-order valence-electron chi connectivity index (χ2n) is 5.63. The molecule has 1 N–H and O–H groups in total. The molecule has 0 spiro atoms. The maximum Gasteiger partial charge on any atom is 0.338 e. The van der Waals surface area contributed by atoms with Gasteiger partial charge in [0.25, 0.3) is 0 Å². The van der Waals surface area contributed by atoms with Crippen LogP contribution in [0.15, 0.2) is 48.5 Å². The number of amides is 1. The number of benzene rings is 2. The van der Waals surface area contributed by atoms with Crippen LogP contribution in [0.2, 0.25) is 5.02 Å². The van der Waals surface area contributed by atoms with E-state index >= 15 is 0 Å². The minimum absolute atomic E-state index is 0.113. The van der Waals surface area contributed by atoms with E-state index in [1.54, 1.807) is 31.2 Å². The molecule has 0 saturated heterocycles. The minimum Gasteiger partial charge on any atom is -0.462 e. The number of rotatable bonds is 8. The van der Waals surface area contributed by atoms with Crippen molar-refractivity contribution in [1.82, 2.24) is 0 Å². The lowest BCUT2D eigenvalue weighted by Gasteiger charge is -2.23. The average Bonchev–Trinajstić information content (AvgIpc) is 2.64. The summed E-state index contributed by atoms with van der Waals surface area (Å²) in [4.78, 5) is 26.1. The Labute approximate surface area is 158 Å². The monoisotopic (exact) mass is 374 g/mol. The maximum absolute atomic E-state index is 12.2. The average molecular weight is 375 g/mol. The summed E-state index contributed by atoms with van der Waals surface area (Å²) in [6, 6.07) is 14.4. The second-order valence-corrected chi connectivity index (χ2v) is 6.04. The maximum atomic E-state index is 12.2. The summed E-state index contributed by atoms with van der Waals surface area (Å²) in [5.74, 6) is -0.458. The van der Waals surface area contributed by atoms with E-state index in [2.05, 4.69) is 5.32 Å². The van der Waals surface area contributed by atoms with Gasteiger partial charge in [-0.1, -0.05) is 29.8 Å². The van der Waals surface area contributed by atoms with Crippen LogP contribution in [0.5, 0.6) is 0 Å². The number of nitrogens with zero attached hydrogens (tertiary/aromatic N) is 1. The van der Waals surface area contributed by atoms with Crippen molar-refractivity contribution in [3.63, 3.8) is 0 Å².